The van der Waals surface area contributed by atoms with E-state index in [1.54, 1.807) is 18.3 Å². The maximum atomic E-state index is 15.4. The molecule has 0 bridgehead atoms. The minimum absolute atomic E-state index is 0.0117. The molecule has 3 nitrogen and oxygen atoms in total. The second kappa shape index (κ2) is 8.68. The number of aromatic nitrogens is 1. The molecule has 150 valence electrons. The number of hydrogen-bond acceptors (Lipinski definition) is 3. The van der Waals surface area contributed by atoms with Crippen LogP contribution in [0.25, 0.3) is 5.57 Å². The van der Waals surface area contributed by atoms with Crippen LogP contribution in [0.2, 0.25) is 0 Å². The van der Waals surface area contributed by atoms with Gasteiger partial charge in [-0.05, 0) is 29.9 Å². The molecule has 0 aliphatic heterocycles. The smallest absolute Gasteiger partial charge is 0.149 e. The van der Waals surface area contributed by atoms with Gasteiger partial charge in [-0.25, -0.2) is 8.78 Å². The zero-order valence-corrected chi connectivity index (χ0v) is 17.6. The number of anilines is 1. The van der Waals surface area contributed by atoms with Crippen molar-refractivity contribution in [1.82, 2.24) is 4.98 Å². The summed E-state index contributed by atoms with van der Waals surface area (Å²) in [7, 11) is 3.79. The maximum Gasteiger partial charge on any atom is 0.149 e. The fourth-order valence-corrected chi connectivity index (χ4v) is 3.65. The van der Waals surface area contributed by atoms with Crippen molar-refractivity contribution in [3.63, 3.8) is 0 Å². The van der Waals surface area contributed by atoms with Crippen molar-refractivity contribution in [2.24, 2.45) is 17.3 Å². The molecule has 1 aliphatic rings. The molecule has 0 aromatic carbocycles. The summed E-state index contributed by atoms with van der Waals surface area (Å²) in [4.78, 5) is 6.29. The highest BCUT2D eigenvalue weighted by molar-refractivity contribution is 5.76. The standard InChI is InChI=1S/C23H29F2N3/c1-7-8-10-23(4,15(2)3)18-13-19(24)17(14-26)22(25)21(18)20-12-16(28(5)6)9-11-27-20/h8-12,15,18H,7,13H2,1-6H3. The first-order valence-corrected chi connectivity index (χ1v) is 9.67. The molecule has 0 saturated heterocycles. The Bertz CT molecular complexity index is 859. The molecule has 2 atom stereocenters. The van der Waals surface area contributed by atoms with E-state index in [-0.39, 0.29) is 12.3 Å². The van der Waals surface area contributed by atoms with Crippen molar-refractivity contribution >= 4 is 11.3 Å². The third kappa shape index (κ3) is 4.01. The van der Waals surface area contributed by atoms with E-state index in [0.29, 0.717) is 11.3 Å². The molecule has 5 heteroatoms. The minimum atomic E-state index is -0.795. The summed E-state index contributed by atoms with van der Waals surface area (Å²) in [6.07, 6.45) is 6.56. The van der Waals surface area contributed by atoms with E-state index in [1.165, 1.54) is 0 Å². The summed E-state index contributed by atoms with van der Waals surface area (Å²) < 4.78 is 30.1. The average Bonchev–Trinajstić information content (AvgIpc) is 2.65. The Labute approximate surface area is 167 Å². The van der Waals surface area contributed by atoms with Crippen LogP contribution in [-0.4, -0.2) is 19.1 Å². The lowest BCUT2D eigenvalue weighted by atomic mass is 9.62. The van der Waals surface area contributed by atoms with Crippen molar-refractivity contribution in [1.29, 1.82) is 5.26 Å². The molecule has 0 fully saturated rings. The first-order valence-electron chi connectivity index (χ1n) is 9.67. The van der Waals surface area contributed by atoms with E-state index in [1.807, 2.05) is 45.0 Å². The molecular formula is C23H29F2N3. The maximum absolute atomic E-state index is 15.4. The van der Waals surface area contributed by atoms with E-state index in [4.69, 9.17) is 0 Å². The second-order valence-electron chi connectivity index (χ2n) is 8.00. The van der Waals surface area contributed by atoms with Gasteiger partial charge in [-0.2, -0.15) is 5.26 Å². The first kappa shape index (κ1) is 21.8. The molecule has 0 amide bonds. The summed E-state index contributed by atoms with van der Waals surface area (Å²) in [6.45, 7) is 8.18. The fourth-order valence-electron chi connectivity index (χ4n) is 3.65. The highest BCUT2D eigenvalue weighted by Gasteiger charge is 2.43. The Balaban J connectivity index is 2.76. The molecule has 0 saturated carbocycles. The van der Waals surface area contributed by atoms with Gasteiger partial charge in [0, 0.05) is 43.9 Å². The summed E-state index contributed by atoms with van der Waals surface area (Å²) in [5.41, 5.74) is 0.641. The summed E-state index contributed by atoms with van der Waals surface area (Å²) in [6, 6.07) is 5.33. The number of pyridine rings is 1. The van der Waals surface area contributed by atoms with E-state index in [2.05, 4.69) is 24.9 Å². The summed E-state index contributed by atoms with van der Waals surface area (Å²) >= 11 is 0. The molecule has 0 spiro atoms. The van der Waals surface area contributed by atoms with Crippen molar-refractivity contribution in [2.45, 2.75) is 40.5 Å². The molecule has 2 unspecified atom stereocenters. The minimum Gasteiger partial charge on any atom is -0.378 e. The van der Waals surface area contributed by atoms with Crippen LogP contribution in [0.1, 0.15) is 46.2 Å². The van der Waals surface area contributed by atoms with Crippen LogP contribution in [-0.2, 0) is 0 Å². The van der Waals surface area contributed by atoms with Gasteiger partial charge in [0.2, 0.25) is 0 Å². The van der Waals surface area contributed by atoms with Gasteiger partial charge in [-0.3, -0.25) is 4.98 Å². The molecule has 2 rings (SSSR count). The van der Waals surface area contributed by atoms with E-state index in [0.717, 1.165) is 12.1 Å². The predicted octanol–water partition coefficient (Wildman–Crippen LogP) is 6.22. The van der Waals surface area contributed by atoms with Gasteiger partial charge >= 0.3 is 0 Å². The van der Waals surface area contributed by atoms with Gasteiger partial charge in [0.05, 0.1) is 5.69 Å². The van der Waals surface area contributed by atoms with E-state index >= 15 is 4.39 Å². The third-order valence-electron chi connectivity index (χ3n) is 5.81. The predicted molar refractivity (Wildman–Crippen MR) is 111 cm³/mol. The second-order valence-corrected chi connectivity index (χ2v) is 8.00. The first-order chi connectivity index (χ1) is 13.2. The Morgan fingerprint density at radius 1 is 1.39 bits per heavy atom. The van der Waals surface area contributed by atoms with Crippen molar-refractivity contribution in [3.05, 3.63) is 53.4 Å². The summed E-state index contributed by atoms with van der Waals surface area (Å²) in [5, 5.41) is 9.31. The molecule has 1 aliphatic carbocycles. The van der Waals surface area contributed by atoms with Gasteiger partial charge in [0.15, 0.2) is 0 Å². The van der Waals surface area contributed by atoms with Crippen LogP contribution < -0.4 is 4.90 Å². The summed E-state index contributed by atoms with van der Waals surface area (Å²) in [5.74, 6) is -1.81. The fraction of sp³-hybridized carbons (Fsp3) is 0.478. The van der Waals surface area contributed by atoms with Gasteiger partial charge in [-0.1, -0.05) is 39.8 Å². The zero-order chi connectivity index (χ0) is 21.1. The van der Waals surface area contributed by atoms with Gasteiger partial charge in [0.25, 0.3) is 0 Å². The number of allylic oxidation sites excluding steroid dienone is 6. The number of hydrogen-bond donors (Lipinski definition) is 0. The molecule has 1 aromatic heterocycles. The number of nitriles is 1. The quantitative estimate of drug-likeness (QED) is 0.545. The highest BCUT2D eigenvalue weighted by atomic mass is 19.1. The number of halogens is 2. The average molecular weight is 386 g/mol. The Morgan fingerprint density at radius 2 is 2.07 bits per heavy atom. The van der Waals surface area contributed by atoms with Crippen LogP contribution in [0, 0.1) is 28.6 Å². The van der Waals surface area contributed by atoms with Crippen LogP contribution in [0.4, 0.5) is 14.5 Å². The molecule has 28 heavy (non-hydrogen) atoms. The monoisotopic (exact) mass is 385 g/mol. The van der Waals surface area contributed by atoms with Crippen LogP contribution in [0.3, 0.4) is 0 Å². The lowest BCUT2D eigenvalue weighted by molar-refractivity contribution is 0.208. The van der Waals surface area contributed by atoms with Gasteiger partial charge in [0.1, 0.15) is 23.3 Å². The lowest BCUT2D eigenvalue weighted by Gasteiger charge is -2.41. The largest absolute Gasteiger partial charge is 0.378 e. The molecule has 1 heterocycles. The molecular weight excluding hydrogens is 356 g/mol. The zero-order valence-electron chi connectivity index (χ0n) is 17.6. The van der Waals surface area contributed by atoms with Crippen LogP contribution in [0.5, 0.6) is 0 Å². The number of nitrogens with zero attached hydrogens (tertiary/aromatic N) is 3. The lowest BCUT2D eigenvalue weighted by Crippen LogP contribution is -2.34. The third-order valence-corrected chi connectivity index (χ3v) is 5.81. The van der Waals surface area contributed by atoms with Crippen molar-refractivity contribution in [2.75, 3.05) is 19.0 Å². The van der Waals surface area contributed by atoms with Crippen LogP contribution in [0.15, 0.2) is 47.7 Å². The Kier molecular flexibility index (Phi) is 6.77. The van der Waals surface area contributed by atoms with E-state index in [9.17, 15) is 9.65 Å². The topological polar surface area (TPSA) is 39.9 Å². The molecule has 0 radical (unpaired) electrons. The van der Waals surface area contributed by atoms with Crippen LogP contribution >= 0.6 is 0 Å². The van der Waals surface area contributed by atoms with Crippen molar-refractivity contribution in [3.8, 4) is 6.07 Å². The normalized spacial score (nSPS) is 19.9. The van der Waals surface area contributed by atoms with E-state index < -0.39 is 28.6 Å². The highest BCUT2D eigenvalue weighted by Crippen LogP contribution is 2.52. The van der Waals surface area contributed by atoms with Gasteiger partial charge in [-0.15, -0.1) is 0 Å². The number of rotatable bonds is 6. The van der Waals surface area contributed by atoms with Gasteiger partial charge < -0.3 is 4.90 Å². The Morgan fingerprint density at radius 3 is 2.61 bits per heavy atom. The molecule has 0 N–H and O–H groups in total. The Hall–Kier alpha value is -2.48. The SMILES string of the molecule is CCC=CC(C)(C(C)C)C1CC(F)=C(C#N)C(F)=C1c1cc(N(C)C)ccn1. The molecule has 1 aromatic rings. The van der Waals surface area contributed by atoms with Crippen molar-refractivity contribution < 1.29 is 8.78 Å².